The number of hydrogen-bond donors (Lipinski definition) is 2. The molecule has 0 unspecified atom stereocenters. The fourth-order valence-corrected chi connectivity index (χ4v) is 5.95. The molecule has 2 aliphatic rings. The van der Waals surface area contributed by atoms with Crippen LogP contribution < -0.4 is 10.6 Å². The highest BCUT2D eigenvalue weighted by atomic mass is 32.2. The van der Waals surface area contributed by atoms with E-state index >= 15 is 0 Å². The van der Waals surface area contributed by atoms with Crippen molar-refractivity contribution in [3.63, 3.8) is 0 Å². The Kier molecular flexibility index (Phi) is 4.34. The van der Waals surface area contributed by atoms with Crippen molar-refractivity contribution >= 4 is 32.4 Å². The minimum absolute atomic E-state index is 0.104. The number of piperidine rings is 1. The predicted octanol–water partition coefficient (Wildman–Crippen LogP) is 3.48. The first-order valence-electron chi connectivity index (χ1n) is 10.1. The van der Waals surface area contributed by atoms with Crippen molar-refractivity contribution in [2.75, 3.05) is 18.4 Å². The van der Waals surface area contributed by atoms with Crippen LogP contribution in [-0.2, 0) is 10.0 Å². The zero-order valence-corrected chi connectivity index (χ0v) is 17.5. The molecule has 6 nitrogen and oxygen atoms in total. The normalized spacial score (nSPS) is 18.6. The minimum atomic E-state index is -3.60. The molecule has 3 aromatic carbocycles. The molecule has 2 heterocycles. The van der Waals surface area contributed by atoms with Crippen LogP contribution in [0, 0.1) is 6.92 Å². The van der Waals surface area contributed by atoms with E-state index in [-0.39, 0.29) is 5.91 Å². The summed E-state index contributed by atoms with van der Waals surface area (Å²) in [6.07, 6.45) is 0.998. The lowest BCUT2D eigenvalue weighted by atomic mass is 9.92. The molecule has 1 fully saturated rings. The van der Waals surface area contributed by atoms with Crippen LogP contribution in [0.2, 0.25) is 0 Å². The summed E-state index contributed by atoms with van der Waals surface area (Å²) in [7, 11) is -3.60. The van der Waals surface area contributed by atoms with Gasteiger partial charge in [0.15, 0.2) is 0 Å². The van der Waals surface area contributed by atoms with Crippen LogP contribution in [0.5, 0.6) is 0 Å². The van der Waals surface area contributed by atoms with Gasteiger partial charge in [-0.25, -0.2) is 8.42 Å². The Bertz CT molecular complexity index is 1260. The van der Waals surface area contributed by atoms with E-state index < -0.39 is 15.7 Å². The summed E-state index contributed by atoms with van der Waals surface area (Å²) in [5.74, 6) is -0.104. The summed E-state index contributed by atoms with van der Waals surface area (Å²) in [5, 5.41) is 8.47. The molecule has 7 heteroatoms. The minimum Gasteiger partial charge on any atom is -0.362 e. The molecule has 0 atom stereocenters. The molecule has 0 saturated carbocycles. The molecule has 1 saturated heterocycles. The Hall–Kier alpha value is -2.90. The summed E-state index contributed by atoms with van der Waals surface area (Å²) < 4.78 is 28.0. The van der Waals surface area contributed by atoms with Gasteiger partial charge in [-0.2, -0.15) is 4.31 Å². The van der Waals surface area contributed by atoms with Gasteiger partial charge in [-0.3, -0.25) is 4.79 Å². The zero-order chi connectivity index (χ0) is 20.9. The first-order chi connectivity index (χ1) is 14.4. The van der Waals surface area contributed by atoms with Crippen molar-refractivity contribution in [3.05, 3.63) is 71.8 Å². The number of carbonyl (C=O) groups excluding carboxylic acids is 1. The van der Waals surface area contributed by atoms with Gasteiger partial charge in [-0.15, -0.1) is 0 Å². The standard InChI is InChI=1S/C23H23N3O3S/c1-16-5-4-8-20-21(16)22(27)25-23(24-20)11-13-26(14-12-23)30(28,29)19-10-9-17-6-2-3-7-18(17)15-19/h2-10,15,24H,11-14H2,1H3,(H,25,27). The van der Waals surface area contributed by atoms with Gasteiger partial charge in [0.05, 0.1) is 10.5 Å². The SMILES string of the molecule is Cc1cccc2c1C(=O)NC1(CCN(S(=O)(=O)c3ccc4ccccc4c3)CC1)N2. The van der Waals surface area contributed by atoms with E-state index in [9.17, 15) is 13.2 Å². The van der Waals surface area contributed by atoms with Crippen molar-refractivity contribution in [3.8, 4) is 0 Å². The number of fused-ring (bicyclic) bond motifs is 2. The average Bonchev–Trinajstić information content (AvgIpc) is 2.73. The number of nitrogens with one attached hydrogen (secondary N) is 2. The molecule has 0 aliphatic carbocycles. The Morgan fingerprint density at radius 1 is 0.900 bits per heavy atom. The molecule has 30 heavy (non-hydrogen) atoms. The van der Waals surface area contributed by atoms with Gasteiger partial charge in [0.2, 0.25) is 10.0 Å². The first-order valence-corrected chi connectivity index (χ1v) is 11.5. The molecule has 1 spiro atoms. The number of rotatable bonds is 2. The van der Waals surface area contributed by atoms with Crippen molar-refractivity contribution in [1.29, 1.82) is 0 Å². The highest BCUT2D eigenvalue weighted by Gasteiger charge is 2.43. The van der Waals surface area contributed by atoms with E-state index in [0.717, 1.165) is 22.0 Å². The van der Waals surface area contributed by atoms with Crippen molar-refractivity contribution < 1.29 is 13.2 Å². The largest absolute Gasteiger partial charge is 0.362 e. The molecule has 3 aromatic rings. The number of nitrogens with zero attached hydrogens (tertiary/aromatic N) is 1. The fourth-order valence-electron chi connectivity index (χ4n) is 4.48. The maximum atomic E-state index is 13.2. The lowest BCUT2D eigenvalue weighted by Gasteiger charge is -2.45. The molecular weight excluding hydrogens is 398 g/mol. The highest BCUT2D eigenvalue weighted by Crippen LogP contribution is 2.34. The molecular formula is C23H23N3O3S. The number of benzene rings is 3. The molecule has 0 bridgehead atoms. The van der Waals surface area contributed by atoms with E-state index in [2.05, 4.69) is 10.6 Å². The van der Waals surface area contributed by atoms with E-state index in [1.165, 1.54) is 4.31 Å². The van der Waals surface area contributed by atoms with Crippen molar-refractivity contribution in [2.24, 2.45) is 0 Å². The second-order valence-corrected chi connectivity index (χ2v) is 10.0. The molecule has 0 radical (unpaired) electrons. The highest BCUT2D eigenvalue weighted by molar-refractivity contribution is 7.89. The molecule has 2 aliphatic heterocycles. The first kappa shape index (κ1) is 19.1. The van der Waals surface area contributed by atoms with Gasteiger partial charge >= 0.3 is 0 Å². The topological polar surface area (TPSA) is 78.5 Å². The third-order valence-electron chi connectivity index (χ3n) is 6.16. The van der Waals surface area contributed by atoms with Crippen LogP contribution in [0.25, 0.3) is 10.8 Å². The van der Waals surface area contributed by atoms with Crippen molar-refractivity contribution in [2.45, 2.75) is 30.3 Å². The smallest absolute Gasteiger partial charge is 0.255 e. The summed E-state index contributed by atoms with van der Waals surface area (Å²) in [5.41, 5.74) is 1.77. The van der Waals surface area contributed by atoms with E-state index in [0.29, 0.717) is 36.4 Å². The number of carbonyl (C=O) groups is 1. The molecule has 154 valence electrons. The van der Waals surface area contributed by atoms with Crippen LogP contribution >= 0.6 is 0 Å². The maximum Gasteiger partial charge on any atom is 0.255 e. The monoisotopic (exact) mass is 421 g/mol. The Morgan fingerprint density at radius 2 is 1.63 bits per heavy atom. The number of amides is 1. The Balaban J connectivity index is 1.38. The van der Waals surface area contributed by atoms with E-state index in [1.807, 2.05) is 55.5 Å². The van der Waals surface area contributed by atoms with Crippen LogP contribution in [0.3, 0.4) is 0 Å². The van der Waals surface area contributed by atoms with Gasteiger partial charge in [-0.05, 0) is 41.5 Å². The van der Waals surface area contributed by atoms with E-state index in [1.54, 1.807) is 12.1 Å². The van der Waals surface area contributed by atoms with Crippen LogP contribution in [0.4, 0.5) is 5.69 Å². The Morgan fingerprint density at radius 3 is 2.40 bits per heavy atom. The summed E-state index contributed by atoms with van der Waals surface area (Å²) in [6.45, 7) is 2.59. The predicted molar refractivity (Wildman–Crippen MR) is 117 cm³/mol. The van der Waals surface area contributed by atoms with Crippen molar-refractivity contribution in [1.82, 2.24) is 9.62 Å². The third kappa shape index (κ3) is 3.05. The number of hydrogen-bond acceptors (Lipinski definition) is 4. The molecule has 5 rings (SSSR count). The zero-order valence-electron chi connectivity index (χ0n) is 16.7. The fraction of sp³-hybridized carbons (Fsp3) is 0.261. The second-order valence-electron chi connectivity index (χ2n) is 8.07. The average molecular weight is 422 g/mol. The third-order valence-corrected chi connectivity index (χ3v) is 8.06. The van der Waals surface area contributed by atoms with Gasteiger partial charge in [0, 0.05) is 31.6 Å². The quantitative estimate of drug-likeness (QED) is 0.664. The number of sulfonamides is 1. The summed E-state index contributed by atoms with van der Waals surface area (Å²) in [4.78, 5) is 13.0. The van der Waals surface area contributed by atoms with Crippen LogP contribution in [0.1, 0.15) is 28.8 Å². The summed E-state index contributed by atoms with van der Waals surface area (Å²) >= 11 is 0. The number of aryl methyl sites for hydroxylation is 1. The summed E-state index contributed by atoms with van der Waals surface area (Å²) in [6, 6.07) is 18.7. The molecule has 0 aromatic heterocycles. The van der Waals surface area contributed by atoms with E-state index in [4.69, 9.17) is 0 Å². The van der Waals surface area contributed by atoms with Gasteiger partial charge in [-0.1, -0.05) is 42.5 Å². The lowest BCUT2D eigenvalue weighted by molar-refractivity contribution is 0.0864. The Labute approximate surface area is 175 Å². The molecule has 2 N–H and O–H groups in total. The van der Waals surface area contributed by atoms with Crippen LogP contribution in [-0.4, -0.2) is 37.4 Å². The van der Waals surface area contributed by atoms with Crippen LogP contribution in [0.15, 0.2) is 65.6 Å². The lowest BCUT2D eigenvalue weighted by Crippen LogP contribution is -2.62. The maximum absolute atomic E-state index is 13.2. The van der Waals surface area contributed by atoms with Gasteiger partial charge in [0.1, 0.15) is 5.66 Å². The molecule has 1 amide bonds. The number of anilines is 1. The van der Waals surface area contributed by atoms with Gasteiger partial charge in [0.25, 0.3) is 5.91 Å². The second kappa shape index (κ2) is 6.82. The van der Waals surface area contributed by atoms with Gasteiger partial charge < -0.3 is 10.6 Å².